The van der Waals surface area contributed by atoms with E-state index in [0.717, 1.165) is 0 Å². The van der Waals surface area contributed by atoms with Crippen LogP contribution in [-0.2, 0) is 47.3 Å². The SMILES string of the molecule is CO[C@H]1/C=C/O[C@@]2(C)Oc3c(C)c(O)c4c(=O)c(c5oc6cc(N7CCN(CCOC(=O)CCC(=O)NC(P(=O)(O)O)P(=O)(O)O)CC7)cc(=O)c6nc5c4c3=C2O)NC(=O)/C(C)=C\C=C\[C@H](C)[C@H](O)[C@@H](C)[C@@H](O)[C@@H](C)[C@H](OC(C)=O)[C@@H]1C. The molecule has 0 radical (unpaired) electrons. The number of allylic oxidation sites excluding steroid dienone is 2. The van der Waals surface area contributed by atoms with E-state index in [1.807, 2.05) is 9.80 Å². The Morgan fingerprint density at radius 3 is 2.19 bits per heavy atom. The summed E-state index contributed by atoms with van der Waals surface area (Å²) in [6.45, 7) is 13.8. The van der Waals surface area contributed by atoms with Crippen molar-refractivity contribution in [1.82, 2.24) is 15.2 Å². The summed E-state index contributed by atoms with van der Waals surface area (Å²) in [4.78, 5) is 126. The third kappa shape index (κ3) is 13.6. The van der Waals surface area contributed by atoms with Gasteiger partial charge in [0.2, 0.25) is 22.3 Å². The van der Waals surface area contributed by atoms with E-state index in [0.29, 0.717) is 31.9 Å². The molecule has 10 N–H and O–H groups in total. The first-order valence-electron chi connectivity index (χ1n) is 26.5. The molecule has 0 saturated carbocycles. The van der Waals surface area contributed by atoms with Crippen LogP contribution in [0.15, 0.2) is 62.3 Å². The lowest BCUT2D eigenvalue weighted by atomic mass is 9.78. The Morgan fingerprint density at radius 1 is 0.904 bits per heavy atom. The number of aliphatic hydroxyl groups excluding tert-OH is 3. The second-order valence-corrected chi connectivity index (χ2v) is 25.0. The summed E-state index contributed by atoms with van der Waals surface area (Å²) < 4.78 is 58.6. The highest BCUT2D eigenvalue weighted by atomic mass is 31.2. The van der Waals surface area contributed by atoms with Crippen molar-refractivity contribution in [2.45, 2.75) is 104 Å². The molecule has 4 aromatic rings. The minimum atomic E-state index is -5.44. The van der Waals surface area contributed by atoms with Crippen LogP contribution >= 0.6 is 15.2 Å². The maximum atomic E-state index is 15.0. The monoisotopic (exact) mass is 1200 g/mol. The number of amides is 2. The highest BCUT2D eigenvalue weighted by Crippen LogP contribution is 2.58. The molecule has 7 rings (SSSR count). The van der Waals surface area contributed by atoms with E-state index in [1.165, 1.54) is 71.4 Å². The van der Waals surface area contributed by atoms with Gasteiger partial charge in [-0.25, -0.2) is 4.98 Å². The fraction of sp³-hybridized carbons (Fsp3) is 0.500. The molecule has 29 heteroatoms. The van der Waals surface area contributed by atoms with Crippen LogP contribution in [0.2, 0.25) is 0 Å². The molecule has 1 aromatic heterocycles. The normalized spacial score (nSPS) is 26.6. The van der Waals surface area contributed by atoms with Crippen molar-refractivity contribution in [3.8, 4) is 11.5 Å². The molecular weight excluding hydrogens is 1130 g/mol. The number of esters is 2. The van der Waals surface area contributed by atoms with Crippen LogP contribution in [0.25, 0.3) is 38.7 Å². The van der Waals surface area contributed by atoms with Gasteiger partial charge in [-0.1, -0.05) is 45.9 Å². The number of carbonyl (C=O) groups excluding carboxylic acids is 4. The van der Waals surface area contributed by atoms with Crippen LogP contribution in [0.4, 0.5) is 11.4 Å². The number of anilines is 2. The standard InChI is InChI=1S/C54H69N5O22P2/c1-25-11-10-12-26(2)52(69)57-43-47(67)39-38(40-49(30(6)46(39)66)81-54(8,51(40)68)78-21-15-34(76-9)27(3)48(79-31(7)60)29(5)45(65)28(4)44(25)64)42-50(43)80-35-24-32(23-33(61)41(35)56-42)59-18-16-58(17-19-59)20-22-77-37(63)14-13-36(62)55-53(82(70,71)72)83(73,74)75/h10-12,15,21,23-25,27-29,34,44-45,48,53,64-66,68H,13-14,16-20,22H2,1-9H3,(H,55,62)(H,57,69)(H2,70,71,72)(H2,73,74,75)/b11-10+,21-15+,26-12-/t25-,27+,28+,29+,34-,44-,45+,48+,54-/m0/s1. The van der Waals surface area contributed by atoms with E-state index in [2.05, 4.69) is 5.32 Å². The number of carbonyl (C=O) groups is 4. The second kappa shape index (κ2) is 25.2. The molecule has 2 amide bonds. The Hall–Kier alpha value is -6.77. The quantitative estimate of drug-likeness (QED) is 0.0422. The average molecular weight is 1200 g/mol. The van der Waals surface area contributed by atoms with Crippen LogP contribution in [0, 0.1) is 30.6 Å². The maximum Gasteiger partial charge on any atom is 0.360 e. The van der Waals surface area contributed by atoms with Gasteiger partial charge in [0.15, 0.2) is 22.4 Å². The number of nitrogens with zero attached hydrogens (tertiary/aromatic N) is 3. The largest absolute Gasteiger partial charge is 0.507 e. The molecule has 4 bridgehead atoms. The van der Waals surface area contributed by atoms with E-state index >= 15 is 0 Å². The molecule has 452 valence electrons. The summed E-state index contributed by atoms with van der Waals surface area (Å²) in [5.41, 5.74) is -5.36. The number of ether oxygens (including phenoxy) is 5. The smallest absolute Gasteiger partial charge is 0.360 e. The van der Waals surface area contributed by atoms with E-state index in [4.69, 9.17) is 33.1 Å². The molecule has 83 heavy (non-hydrogen) atoms. The molecule has 3 aliphatic rings. The number of fused-ring (bicyclic) bond motifs is 2. The van der Waals surface area contributed by atoms with Gasteiger partial charge in [-0.3, -0.25) is 42.8 Å². The highest BCUT2D eigenvalue weighted by molar-refractivity contribution is 7.70. The zero-order valence-electron chi connectivity index (χ0n) is 46.9. The number of benzene rings is 3. The topological polar surface area (TPSA) is 401 Å². The molecule has 9 atom stereocenters. The third-order valence-corrected chi connectivity index (χ3v) is 18.6. The third-order valence-electron chi connectivity index (χ3n) is 15.3. The first kappa shape index (κ1) is 63.8. The molecule has 27 nitrogen and oxygen atoms in total. The molecule has 1 saturated heterocycles. The van der Waals surface area contributed by atoms with E-state index < -0.39 is 145 Å². The Balaban J connectivity index is 1.24. The number of methoxy groups -OCH3 is 1. The molecular formula is C54H69N5O22P2. The molecule has 4 heterocycles. The molecule has 1 fully saturated rings. The number of piperazine rings is 1. The Labute approximate surface area is 474 Å². The molecule has 0 aliphatic carbocycles. The summed E-state index contributed by atoms with van der Waals surface area (Å²) in [6.07, 6.45) is 1.85. The van der Waals surface area contributed by atoms with Gasteiger partial charge in [0.1, 0.15) is 35.4 Å². The van der Waals surface area contributed by atoms with E-state index in [9.17, 15) is 77.9 Å². The summed E-state index contributed by atoms with van der Waals surface area (Å²) in [5, 5.41) is 50.7. The first-order chi connectivity index (χ1) is 38.8. The van der Waals surface area contributed by atoms with Crippen molar-refractivity contribution in [2.75, 3.05) is 56.7 Å². The fourth-order valence-corrected chi connectivity index (χ4v) is 12.6. The molecule has 0 spiro atoms. The van der Waals surface area contributed by atoms with Gasteiger partial charge in [0.05, 0.1) is 41.6 Å². The van der Waals surface area contributed by atoms with Crippen molar-refractivity contribution in [3.63, 3.8) is 0 Å². The molecule has 0 unspecified atom stereocenters. The summed E-state index contributed by atoms with van der Waals surface area (Å²) in [6, 6.07) is 2.85. The summed E-state index contributed by atoms with van der Waals surface area (Å²) in [7, 11) is -9.47. The van der Waals surface area contributed by atoms with Crippen LogP contribution in [0.5, 0.6) is 11.5 Å². The zero-order chi connectivity index (χ0) is 61.4. The number of hydrogen-bond acceptors (Lipinski definition) is 21. The number of aromatic nitrogens is 1. The first-order valence-corrected chi connectivity index (χ1v) is 29.8. The van der Waals surface area contributed by atoms with Crippen LogP contribution in [0.3, 0.4) is 0 Å². The van der Waals surface area contributed by atoms with Gasteiger partial charge in [-0.15, -0.1) is 0 Å². The Bertz CT molecular complexity index is 3570. The van der Waals surface area contributed by atoms with Gasteiger partial charge in [0.25, 0.3) is 5.91 Å². The number of nitrogens with one attached hydrogen (secondary N) is 2. The van der Waals surface area contributed by atoms with Crippen molar-refractivity contribution in [1.29, 1.82) is 0 Å². The number of phenolic OH excluding ortho intramolecular Hbond substituents is 1. The van der Waals surface area contributed by atoms with Crippen molar-refractivity contribution >= 4 is 89.1 Å². The highest BCUT2D eigenvalue weighted by Gasteiger charge is 2.46. The van der Waals surface area contributed by atoms with Gasteiger partial charge in [-0.05, 0) is 19.9 Å². The minimum Gasteiger partial charge on any atom is -0.507 e. The minimum absolute atomic E-state index is 0.0152. The predicted octanol–water partition coefficient (Wildman–Crippen LogP) is 2.76. The Morgan fingerprint density at radius 2 is 1.57 bits per heavy atom. The average Bonchev–Trinajstić information content (AvgIpc) is 2.27. The van der Waals surface area contributed by atoms with Crippen LogP contribution < -0.4 is 36.3 Å². The van der Waals surface area contributed by atoms with E-state index in [-0.39, 0.29) is 62.8 Å². The number of aromatic hydroxyl groups is 1. The molecule has 3 aliphatic heterocycles. The zero-order valence-corrected chi connectivity index (χ0v) is 48.7. The van der Waals surface area contributed by atoms with Crippen molar-refractivity contribution < 1.29 is 96.4 Å². The van der Waals surface area contributed by atoms with E-state index in [1.54, 1.807) is 39.1 Å². The number of aliphatic hydroxyl groups is 3. The number of rotatable bonds is 12. The second-order valence-electron chi connectivity index (χ2n) is 21.2. The maximum absolute atomic E-state index is 15.0. The van der Waals surface area contributed by atoms with Gasteiger partial charge >= 0.3 is 32.9 Å². The Kier molecular flexibility index (Phi) is 19.4. The lowest BCUT2D eigenvalue weighted by Gasteiger charge is -2.38. The predicted molar refractivity (Wildman–Crippen MR) is 300 cm³/mol. The fourth-order valence-electron chi connectivity index (χ4n) is 10.4. The van der Waals surface area contributed by atoms with Gasteiger partial charge in [-0.2, -0.15) is 0 Å². The number of hydrogen-bond donors (Lipinski definition) is 10. The van der Waals surface area contributed by atoms with Gasteiger partial charge in [0, 0.05) is 118 Å². The summed E-state index contributed by atoms with van der Waals surface area (Å²) >= 11 is 0. The summed E-state index contributed by atoms with van der Waals surface area (Å²) in [5.74, 6) is -9.65. The molecule has 3 aromatic carbocycles. The lowest BCUT2D eigenvalue weighted by Crippen LogP contribution is -2.47. The van der Waals surface area contributed by atoms with Gasteiger partial charge < -0.3 is 83.6 Å². The van der Waals surface area contributed by atoms with Crippen LogP contribution in [-0.4, -0.2) is 156 Å². The van der Waals surface area contributed by atoms with Crippen LogP contribution in [0.1, 0.15) is 66.9 Å². The van der Waals surface area contributed by atoms with Crippen molar-refractivity contribution in [3.05, 3.63) is 79.5 Å². The number of phenols is 1. The van der Waals surface area contributed by atoms with Crippen molar-refractivity contribution in [2.24, 2.45) is 23.7 Å². The lowest BCUT2D eigenvalue weighted by molar-refractivity contribution is -0.160.